The van der Waals surface area contributed by atoms with E-state index in [1.54, 1.807) is 10.7 Å². The average molecular weight is 341 g/mol. The molecule has 1 radical (unpaired) electrons. The van der Waals surface area contributed by atoms with E-state index in [9.17, 15) is 4.79 Å². The molecule has 0 bridgehead atoms. The maximum atomic E-state index is 12.3. The Morgan fingerprint density at radius 1 is 1.44 bits per heavy atom. The Bertz CT molecular complexity index is 728. The number of amides is 1. The number of ether oxygens (including phenoxy) is 1. The summed E-state index contributed by atoms with van der Waals surface area (Å²) in [5.41, 5.74) is 2.03. The predicted molar refractivity (Wildman–Crippen MR) is 96.2 cm³/mol. The minimum Gasteiger partial charge on any atom is -0.491 e. The van der Waals surface area contributed by atoms with Crippen LogP contribution >= 0.6 is 0 Å². The van der Waals surface area contributed by atoms with Gasteiger partial charge in [-0.2, -0.15) is 5.10 Å². The standard InChI is InChI=1S/C19H25N4O2/c1-14(21-19(24)18-8-5-9-22(18)2)13-25-17-7-4-6-15(10-17)16-11-20-23(3)12-16/h6-7,10-12,14,18H,5,8-9,13H2,1-3H3,(H,21,24)/t14-,18?/m0/s1. The lowest BCUT2D eigenvalue weighted by atomic mass is 10.1. The van der Waals surface area contributed by atoms with Gasteiger partial charge in [0.15, 0.2) is 0 Å². The number of aryl methyl sites for hydroxylation is 1. The highest BCUT2D eigenvalue weighted by molar-refractivity contribution is 5.82. The van der Waals surface area contributed by atoms with Gasteiger partial charge in [-0.1, -0.05) is 0 Å². The van der Waals surface area contributed by atoms with Gasteiger partial charge in [-0.05, 0) is 63.2 Å². The molecule has 2 atom stereocenters. The van der Waals surface area contributed by atoms with Gasteiger partial charge >= 0.3 is 0 Å². The Kier molecular flexibility index (Phi) is 5.38. The minimum absolute atomic E-state index is 0.00954. The molecule has 0 aliphatic carbocycles. The molecule has 2 heterocycles. The summed E-state index contributed by atoms with van der Waals surface area (Å²) >= 11 is 0. The molecule has 1 aliphatic rings. The summed E-state index contributed by atoms with van der Waals surface area (Å²) in [6.45, 7) is 3.37. The van der Waals surface area contributed by atoms with Gasteiger partial charge in [0.1, 0.15) is 12.4 Å². The molecule has 1 aromatic heterocycles. The number of rotatable bonds is 6. The van der Waals surface area contributed by atoms with Crippen molar-refractivity contribution >= 4 is 5.91 Å². The van der Waals surface area contributed by atoms with E-state index in [-0.39, 0.29) is 18.0 Å². The third-order valence-corrected chi connectivity index (χ3v) is 4.51. The molecular formula is C19H25N4O2. The number of likely N-dealkylation sites (N-methyl/N-ethyl adjacent to an activating group) is 1. The lowest BCUT2D eigenvalue weighted by Crippen LogP contribution is -2.46. The molecule has 3 rings (SSSR count). The van der Waals surface area contributed by atoms with Crippen molar-refractivity contribution in [3.8, 4) is 16.9 Å². The fraction of sp³-hybridized carbons (Fsp3) is 0.474. The van der Waals surface area contributed by atoms with Crippen LogP contribution < -0.4 is 10.1 Å². The number of carbonyl (C=O) groups excluding carboxylic acids is 1. The molecule has 6 heteroatoms. The molecule has 2 aromatic rings. The first kappa shape index (κ1) is 17.5. The van der Waals surface area contributed by atoms with Crippen LogP contribution in [0.5, 0.6) is 5.75 Å². The average Bonchev–Trinajstić information content (AvgIpc) is 3.21. The summed E-state index contributed by atoms with van der Waals surface area (Å²) < 4.78 is 7.60. The van der Waals surface area contributed by atoms with E-state index in [1.807, 2.05) is 45.5 Å². The van der Waals surface area contributed by atoms with Gasteiger partial charge in [0.2, 0.25) is 5.91 Å². The third-order valence-electron chi connectivity index (χ3n) is 4.51. The molecule has 6 nitrogen and oxygen atoms in total. The molecule has 1 saturated heterocycles. The molecule has 1 amide bonds. The Hall–Kier alpha value is -2.34. The van der Waals surface area contributed by atoms with Crippen LogP contribution in [0.3, 0.4) is 0 Å². The highest BCUT2D eigenvalue weighted by atomic mass is 16.5. The topological polar surface area (TPSA) is 59.4 Å². The van der Waals surface area contributed by atoms with Crippen molar-refractivity contribution in [1.29, 1.82) is 0 Å². The van der Waals surface area contributed by atoms with Crippen molar-refractivity contribution in [2.24, 2.45) is 7.05 Å². The smallest absolute Gasteiger partial charge is 0.237 e. The molecule has 1 unspecified atom stereocenters. The molecule has 1 N–H and O–H groups in total. The summed E-state index contributed by atoms with van der Waals surface area (Å²) in [6, 6.07) is 8.71. The van der Waals surface area contributed by atoms with Gasteiger partial charge in [0, 0.05) is 18.8 Å². The number of hydrogen-bond donors (Lipinski definition) is 1. The van der Waals surface area contributed by atoms with E-state index in [2.05, 4.69) is 21.4 Å². The quantitative estimate of drug-likeness (QED) is 0.871. The van der Waals surface area contributed by atoms with Crippen molar-refractivity contribution < 1.29 is 9.53 Å². The summed E-state index contributed by atoms with van der Waals surface area (Å²) in [4.78, 5) is 14.4. The first-order chi connectivity index (χ1) is 12.0. The van der Waals surface area contributed by atoms with E-state index in [1.165, 1.54) is 0 Å². The Balaban J connectivity index is 1.53. The summed E-state index contributed by atoms with van der Waals surface area (Å²) in [5.74, 6) is 0.826. The van der Waals surface area contributed by atoms with Crippen LogP contribution in [0.1, 0.15) is 19.8 Å². The van der Waals surface area contributed by atoms with Crippen molar-refractivity contribution in [3.05, 3.63) is 36.7 Å². The number of carbonyl (C=O) groups is 1. The SMILES string of the molecule is C[C@@H](COc1c[c]cc(-c2cnn(C)c2)c1)NC(=O)C1CCCN1C. The highest BCUT2D eigenvalue weighted by Gasteiger charge is 2.28. The Labute approximate surface area is 148 Å². The van der Waals surface area contributed by atoms with Gasteiger partial charge in [-0.25, -0.2) is 0 Å². The van der Waals surface area contributed by atoms with E-state index >= 15 is 0 Å². The molecule has 0 spiro atoms. The largest absolute Gasteiger partial charge is 0.491 e. The monoisotopic (exact) mass is 341 g/mol. The fourth-order valence-electron chi connectivity index (χ4n) is 3.11. The summed E-state index contributed by atoms with van der Waals surface area (Å²) in [7, 11) is 3.89. The molecule has 1 aliphatic heterocycles. The van der Waals surface area contributed by atoms with E-state index in [0.29, 0.717) is 6.61 Å². The number of likely N-dealkylation sites (tertiary alicyclic amines) is 1. The molecule has 0 saturated carbocycles. The zero-order chi connectivity index (χ0) is 17.8. The lowest BCUT2D eigenvalue weighted by Gasteiger charge is -2.22. The van der Waals surface area contributed by atoms with Crippen LogP contribution in [0.2, 0.25) is 0 Å². The maximum absolute atomic E-state index is 12.3. The Morgan fingerprint density at radius 2 is 2.28 bits per heavy atom. The maximum Gasteiger partial charge on any atom is 0.237 e. The molecular weight excluding hydrogens is 316 g/mol. The van der Waals surface area contributed by atoms with Crippen LogP contribution in [0, 0.1) is 6.07 Å². The second-order valence-electron chi connectivity index (χ2n) is 6.72. The van der Waals surface area contributed by atoms with Crippen LogP contribution in [0.15, 0.2) is 30.6 Å². The summed E-state index contributed by atoms with van der Waals surface area (Å²) in [6.07, 6.45) is 5.77. The molecule has 1 fully saturated rings. The minimum atomic E-state index is -0.0523. The van der Waals surface area contributed by atoms with E-state index in [0.717, 1.165) is 36.3 Å². The number of benzene rings is 1. The predicted octanol–water partition coefficient (Wildman–Crippen LogP) is 1.86. The fourth-order valence-corrected chi connectivity index (χ4v) is 3.11. The van der Waals surface area contributed by atoms with Crippen molar-refractivity contribution in [3.63, 3.8) is 0 Å². The first-order valence-corrected chi connectivity index (χ1v) is 8.66. The van der Waals surface area contributed by atoms with Gasteiger partial charge in [0.05, 0.1) is 18.3 Å². The van der Waals surface area contributed by atoms with Crippen LogP contribution in [-0.2, 0) is 11.8 Å². The van der Waals surface area contributed by atoms with Crippen LogP contribution in [0.4, 0.5) is 0 Å². The van der Waals surface area contributed by atoms with E-state index in [4.69, 9.17) is 4.74 Å². The highest BCUT2D eigenvalue weighted by Crippen LogP contribution is 2.23. The molecule has 25 heavy (non-hydrogen) atoms. The molecule has 1 aromatic carbocycles. The van der Waals surface area contributed by atoms with Gasteiger partial charge in [-0.15, -0.1) is 0 Å². The van der Waals surface area contributed by atoms with Gasteiger partial charge < -0.3 is 10.1 Å². The van der Waals surface area contributed by atoms with Crippen molar-refractivity contribution in [1.82, 2.24) is 20.0 Å². The zero-order valence-corrected chi connectivity index (χ0v) is 15.0. The Morgan fingerprint density at radius 3 is 2.96 bits per heavy atom. The number of hydrogen-bond acceptors (Lipinski definition) is 4. The number of nitrogens with zero attached hydrogens (tertiary/aromatic N) is 3. The van der Waals surface area contributed by atoms with Gasteiger partial charge in [-0.3, -0.25) is 14.4 Å². The second-order valence-corrected chi connectivity index (χ2v) is 6.72. The van der Waals surface area contributed by atoms with Gasteiger partial charge in [0.25, 0.3) is 0 Å². The second kappa shape index (κ2) is 7.70. The number of aromatic nitrogens is 2. The van der Waals surface area contributed by atoms with E-state index < -0.39 is 0 Å². The normalized spacial score (nSPS) is 18.9. The lowest BCUT2D eigenvalue weighted by molar-refractivity contribution is -0.125. The van der Waals surface area contributed by atoms with Crippen molar-refractivity contribution in [2.45, 2.75) is 31.8 Å². The zero-order valence-electron chi connectivity index (χ0n) is 15.0. The molecule has 133 valence electrons. The van der Waals surface area contributed by atoms with Crippen molar-refractivity contribution in [2.75, 3.05) is 20.2 Å². The number of nitrogens with one attached hydrogen (secondary N) is 1. The van der Waals surface area contributed by atoms with Crippen LogP contribution in [-0.4, -0.2) is 52.9 Å². The third kappa shape index (κ3) is 4.39. The first-order valence-electron chi connectivity index (χ1n) is 8.66. The summed E-state index contributed by atoms with van der Waals surface area (Å²) in [5, 5.41) is 7.23. The van der Waals surface area contributed by atoms with Crippen LogP contribution in [0.25, 0.3) is 11.1 Å².